The number of para-hydroxylation sites is 1. The predicted octanol–water partition coefficient (Wildman–Crippen LogP) is 4.29. The van der Waals surface area contributed by atoms with E-state index in [-0.39, 0.29) is 17.3 Å². The van der Waals surface area contributed by atoms with Crippen molar-refractivity contribution in [2.75, 3.05) is 5.75 Å². The summed E-state index contributed by atoms with van der Waals surface area (Å²) in [7, 11) is 0. The van der Waals surface area contributed by atoms with Crippen molar-refractivity contribution in [3.63, 3.8) is 0 Å². The average molecular weight is 460 g/mol. The lowest BCUT2D eigenvalue weighted by Crippen LogP contribution is -2.19. The van der Waals surface area contributed by atoms with Gasteiger partial charge in [0.25, 0.3) is 11.6 Å². The minimum atomic E-state index is -0.497. The molecule has 1 aromatic heterocycles. The number of hydrogen-bond acceptors (Lipinski definition) is 9. The van der Waals surface area contributed by atoms with Crippen LogP contribution >= 0.6 is 34.9 Å². The molecular formula is C19H17N5O3S3. The number of thioether (sulfide) groups is 2. The SMILES string of the molecule is Cc1ccc(CSc2nnc(SCC(=O)NN=Cc3ccccc3[N+](=O)[O-])s2)cc1. The van der Waals surface area contributed by atoms with Crippen molar-refractivity contribution < 1.29 is 9.72 Å². The molecule has 0 aliphatic heterocycles. The number of benzene rings is 2. The third kappa shape index (κ3) is 6.65. The van der Waals surface area contributed by atoms with Crippen molar-refractivity contribution in [2.45, 2.75) is 21.4 Å². The van der Waals surface area contributed by atoms with Gasteiger partial charge in [-0.05, 0) is 18.6 Å². The Morgan fingerprint density at radius 3 is 2.60 bits per heavy atom. The van der Waals surface area contributed by atoms with Crippen LogP contribution in [0.1, 0.15) is 16.7 Å². The maximum absolute atomic E-state index is 11.9. The summed E-state index contributed by atoms with van der Waals surface area (Å²) < 4.78 is 1.53. The summed E-state index contributed by atoms with van der Waals surface area (Å²) in [6.07, 6.45) is 1.26. The number of aryl methyl sites for hydroxylation is 1. The number of nitro groups is 1. The van der Waals surface area contributed by atoms with Crippen LogP contribution < -0.4 is 5.43 Å². The van der Waals surface area contributed by atoms with E-state index >= 15 is 0 Å². The molecule has 8 nitrogen and oxygen atoms in total. The first kappa shape index (κ1) is 21.9. The molecule has 0 saturated heterocycles. The normalized spacial score (nSPS) is 11.0. The van der Waals surface area contributed by atoms with Crippen molar-refractivity contribution in [1.82, 2.24) is 15.6 Å². The van der Waals surface area contributed by atoms with Gasteiger partial charge in [-0.2, -0.15) is 5.10 Å². The number of nitrogens with zero attached hydrogens (tertiary/aromatic N) is 4. The summed E-state index contributed by atoms with van der Waals surface area (Å²) >= 11 is 4.30. The number of nitro benzene ring substituents is 1. The number of nitrogens with one attached hydrogen (secondary N) is 1. The second-order valence-electron chi connectivity index (χ2n) is 6.01. The zero-order valence-corrected chi connectivity index (χ0v) is 18.3. The standard InChI is InChI=1S/C19H17N5O3S3/c1-13-6-8-14(9-7-13)11-28-18-22-23-19(30-18)29-12-17(25)21-20-10-15-4-2-3-5-16(15)24(26)27/h2-10H,11-12H2,1H3,(H,21,25). The second kappa shape index (κ2) is 10.9. The predicted molar refractivity (Wildman–Crippen MR) is 120 cm³/mol. The lowest BCUT2D eigenvalue weighted by molar-refractivity contribution is -0.385. The molecule has 0 spiro atoms. The van der Waals surface area contributed by atoms with Crippen molar-refractivity contribution in [3.8, 4) is 0 Å². The lowest BCUT2D eigenvalue weighted by Gasteiger charge is -1.99. The van der Waals surface area contributed by atoms with E-state index in [4.69, 9.17) is 0 Å². The molecule has 0 bridgehead atoms. The summed E-state index contributed by atoms with van der Waals surface area (Å²) in [5.41, 5.74) is 5.04. The lowest BCUT2D eigenvalue weighted by atomic mass is 10.2. The Hall–Kier alpha value is -2.76. The fourth-order valence-corrected chi connectivity index (χ4v) is 5.01. The summed E-state index contributed by atoms with van der Waals surface area (Å²) in [6, 6.07) is 14.5. The molecular weight excluding hydrogens is 442 g/mol. The van der Waals surface area contributed by atoms with Crippen molar-refractivity contribution in [2.24, 2.45) is 5.10 Å². The molecule has 0 fully saturated rings. The first-order valence-corrected chi connectivity index (χ1v) is 11.5. The fraction of sp³-hybridized carbons (Fsp3) is 0.158. The van der Waals surface area contributed by atoms with Gasteiger partial charge in [-0.25, -0.2) is 5.43 Å². The summed E-state index contributed by atoms with van der Waals surface area (Å²) in [5, 5.41) is 23.0. The highest BCUT2D eigenvalue weighted by molar-refractivity contribution is 8.03. The number of carbonyl (C=O) groups excluding carboxylic acids is 1. The Kier molecular flexibility index (Phi) is 7.94. The van der Waals surface area contributed by atoms with Gasteiger partial charge in [-0.1, -0.05) is 76.8 Å². The molecule has 0 radical (unpaired) electrons. The van der Waals surface area contributed by atoms with Crippen LogP contribution in [-0.4, -0.2) is 33.0 Å². The number of hydrazone groups is 1. The number of rotatable bonds is 9. The Balaban J connectivity index is 1.44. The maximum atomic E-state index is 11.9. The van der Waals surface area contributed by atoms with Gasteiger partial charge in [-0.3, -0.25) is 14.9 Å². The summed E-state index contributed by atoms with van der Waals surface area (Å²) in [5.74, 6) is 0.588. The summed E-state index contributed by atoms with van der Waals surface area (Å²) in [4.78, 5) is 22.4. The Bertz CT molecular complexity index is 1050. The molecule has 0 aliphatic rings. The Labute approximate surface area is 185 Å². The minimum absolute atomic E-state index is 0.0746. The molecule has 154 valence electrons. The average Bonchev–Trinajstić information content (AvgIpc) is 3.20. The molecule has 1 amide bonds. The van der Waals surface area contributed by atoms with Gasteiger partial charge in [0, 0.05) is 11.8 Å². The first-order valence-electron chi connectivity index (χ1n) is 8.71. The second-order valence-corrected chi connectivity index (χ2v) is 9.43. The highest BCUT2D eigenvalue weighted by atomic mass is 32.2. The Morgan fingerprint density at radius 2 is 1.87 bits per heavy atom. The Morgan fingerprint density at radius 1 is 1.17 bits per heavy atom. The fourth-order valence-electron chi connectivity index (χ4n) is 2.24. The van der Waals surface area contributed by atoms with Crippen molar-refractivity contribution >= 4 is 52.7 Å². The number of amides is 1. The van der Waals surface area contributed by atoms with Gasteiger partial charge in [0.15, 0.2) is 8.68 Å². The number of aromatic nitrogens is 2. The molecule has 3 aromatic rings. The third-order valence-corrected chi connectivity index (χ3v) is 6.98. The number of carbonyl (C=O) groups is 1. The van der Waals surface area contributed by atoms with Crippen molar-refractivity contribution in [1.29, 1.82) is 0 Å². The van der Waals surface area contributed by atoms with E-state index in [9.17, 15) is 14.9 Å². The minimum Gasteiger partial charge on any atom is -0.272 e. The molecule has 0 atom stereocenters. The molecule has 1 heterocycles. The van der Waals surface area contributed by atoms with E-state index in [1.807, 2.05) is 0 Å². The van der Waals surface area contributed by atoms with Gasteiger partial charge < -0.3 is 0 Å². The van der Waals surface area contributed by atoms with Crippen LogP contribution in [0.25, 0.3) is 0 Å². The molecule has 0 unspecified atom stereocenters. The highest BCUT2D eigenvalue weighted by Gasteiger charge is 2.11. The van der Waals surface area contributed by atoms with Crippen LogP contribution in [-0.2, 0) is 10.5 Å². The van der Waals surface area contributed by atoms with E-state index in [0.29, 0.717) is 9.90 Å². The topological polar surface area (TPSA) is 110 Å². The summed E-state index contributed by atoms with van der Waals surface area (Å²) in [6.45, 7) is 2.05. The largest absolute Gasteiger partial charge is 0.278 e. The highest BCUT2D eigenvalue weighted by Crippen LogP contribution is 2.30. The molecule has 1 N–H and O–H groups in total. The molecule has 3 rings (SSSR count). The van der Waals surface area contributed by atoms with Crippen LogP contribution in [0.2, 0.25) is 0 Å². The zero-order valence-electron chi connectivity index (χ0n) is 15.8. The van der Waals surface area contributed by atoms with Gasteiger partial charge in [0.2, 0.25) is 0 Å². The van der Waals surface area contributed by atoms with E-state index in [2.05, 4.69) is 51.9 Å². The molecule has 0 saturated carbocycles. The smallest absolute Gasteiger partial charge is 0.272 e. The van der Waals surface area contributed by atoms with Gasteiger partial charge in [0.05, 0.1) is 22.5 Å². The monoisotopic (exact) mass is 459 g/mol. The van der Waals surface area contributed by atoms with Gasteiger partial charge in [0.1, 0.15) is 0 Å². The van der Waals surface area contributed by atoms with Crippen LogP contribution in [0, 0.1) is 17.0 Å². The van der Waals surface area contributed by atoms with Crippen LogP contribution in [0.15, 0.2) is 62.3 Å². The van der Waals surface area contributed by atoms with E-state index in [1.165, 1.54) is 46.5 Å². The molecule has 2 aromatic carbocycles. The molecule has 30 heavy (non-hydrogen) atoms. The third-order valence-electron chi connectivity index (χ3n) is 3.72. The van der Waals surface area contributed by atoms with E-state index < -0.39 is 4.92 Å². The molecule has 11 heteroatoms. The zero-order chi connectivity index (χ0) is 21.3. The quantitative estimate of drug-likeness (QED) is 0.220. The van der Waals surface area contributed by atoms with Crippen molar-refractivity contribution in [3.05, 3.63) is 75.3 Å². The van der Waals surface area contributed by atoms with Gasteiger partial charge in [-0.15, -0.1) is 10.2 Å². The first-order chi connectivity index (χ1) is 14.5. The van der Waals surface area contributed by atoms with Crippen LogP contribution in [0.4, 0.5) is 5.69 Å². The van der Waals surface area contributed by atoms with E-state index in [0.717, 1.165) is 10.1 Å². The van der Waals surface area contributed by atoms with Gasteiger partial charge >= 0.3 is 0 Å². The van der Waals surface area contributed by atoms with E-state index in [1.54, 1.807) is 30.0 Å². The maximum Gasteiger partial charge on any atom is 0.278 e. The molecule has 0 aliphatic carbocycles. The number of hydrogen-bond donors (Lipinski definition) is 1. The van der Waals surface area contributed by atoms with Crippen LogP contribution in [0.3, 0.4) is 0 Å². The van der Waals surface area contributed by atoms with Crippen LogP contribution in [0.5, 0.6) is 0 Å².